The molecule has 0 atom stereocenters. The summed E-state index contributed by atoms with van der Waals surface area (Å²) in [6.07, 6.45) is 3.90. The van der Waals surface area contributed by atoms with Gasteiger partial charge in [-0.1, -0.05) is 6.92 Å². The second kappa shape index (κ2) is 2.98. The number of nitrogens with zero attached hydrogens (tertiary/aromatic N) is 1. The van der Waals surface area contributed by atoms with Gasteiger partial charge in [0.1, 0.15) is 0 Å². The molecule has 3 heteroatoms. The van der Waals surface area contributed by atoms with Crippen molar-refractivity contribution >= 4 is 5.91 Å². The molecule has 1 saturated heterocycles. The molecule has 2 aliphatic rings. The van der Waals surface area contributed by atoms with Crippen LogP contribution < -0.4 is 0 Å². The van der Waals surface area contributed by atoms with E-state index in [0.717, 1.165) is 6.42 Å². The zero-order valence-electron chi connectivity index (χ0n) is 8.12. The molecule has 1 aliphatic heterocycles. The minimum Gasteiger partial charge on any atom is -0.386 e. The lowest BCUT2D eigenvalue weighted by atomic mass is 9.91. The van der Waals surface area contributed by atoms with Gasteiger partial charge in [0.2, 0.25) is 5.91 Å². The third-order valence-electron chi connectivity index (χ3n) is 3.14. The van der Waals surface area contributed by atoms with Crippen molar-refractivity contribution in [2.24, 2.45) is 5.92 Å². The van der Waals surface area contributed by atoms with Crippen molar-refractivity contribution in [1.29, 1.82) is 0 Å². The fourth-order valence-corrected chi connectivity index (χ4v) is 1.76. The molecular weight excluding hydrogens is 166 g/mol. The van der Waals surface area contributed by atoms with Gasteiger partial charge in [-0.15, -0.1) is 0 Å². The van der Waals surface area contributed by atoms with Gasteiger partial charge in [-0.2, -0.15) is 0 Å². The summed E-state index contributed by atoms with van der Waals surface area (Å²) in [5.41, 5.74) is -0.570. The molecule has 74 valence electrons. The number of amides is 1. The molecule has 0 aromatic carbocycles. The van der Waals surface area contributed by atoms with Crippen LogP contribution >= 0.6 is 0 Å². The van der Waals surface area contributed by atoms with Crippen molar-refractivity contribution in [1.82, 2.24) is 4.90 Å². The van der Waals surface area contributed by atoms with Crippen LogP contribution in [-0.2, 0) is 4.79 Å². The van der Waals surface area contributed by atoms with Crippen molar-refractivity contribution < 1.29 is 9.90 Å². The summed E-state index contributed by atoms with van der Waals surface area (Å²) in [7, 11) is 0. The van der Waals surface area contributed by atoms with Gasteiger partial charge in [0.15, 0.2) is 0 Å². The largest absolute Gasteiger partial charge is 0.386 e. The van der Waals surface area contributed by atoms with E-state index in [4.69, 9.17) is 0 Å². The number of hydrogen-bond donors (Lipinski definition) is 1. The van der Waals surface area contributed by atoms with Crippen LogP contribution in [-0.4, -0.2) is 34.6 Å². The first-order chi connectivity index (χ1) is 6.13. The number of rotatable bonds is 3. The first kappa shape index (κ1) is 9.00. The number of carbonyl (C=O) groups is 1. The summed E-state index contributed by atoms with van der Waals surface area (Å²) in [5, 5.41) is 9.69. The van der Waals surface area contributed by atoms with Crippen molar-refractivity contribution in [3.05, 3.63) is 0 Å². The van der Waals surface area contributed by atoms with Gasteiger partial charge in [0.05, 0.1) is 18.7 Å². The molecule has 13 heavy (non-hydrogen) atoms. The Morgan fingerprint density at radius 3 is 2.62 bits per heavy atom. The summed E-state index contributed by atoms with van der Waals surface area (Å²) in [4.78, 5) is 13.3. The van der Waals surface area contributed by atoms with E-state index >= 15 is 0 Å². The molecule has 0 aromatic heterocycles. The Morgan fingerprint density at radius 1 is 1.54 bits per heavy atom. The molecule has 1 N–H and O–H groups in total. The number of aliphatic hydroxyl groups is 1. The average Bonchev–Trinajstić information content (AvgIpc) is 2.82. The molecule has 1 saturated carbocycles. The van der Waals surface area contributed by atoms with Crippen LogP contribution in [0.15, 0.2) is 0 Å². The third-order valence-corrected chi connectivity index (χ3v) is 3.14. The van der Waals surface area contributed by atoms with Crippen molar-refractivity contribution in [2.75, 3.05) is 13.1 Å². The number of likely N-dealkylation sites (tertiary alicyclic amines) is 1. The lowest BCUT2D eigenvalue weighted by Gasteiger charge is -2.46. The van der Waals surface area contributed by atoms with Crippen LogP contribution in [0.2, 0.25) is 0 Å². The van der Waals surface area contributed by atoms with Gasteiger partial charge in [0, 0.05) is 6.42 Å². The van der Waals surface area contributed by atoms with E-state index in [-0.39, 0.29) is 5.91 Å². The van der Waals surface area contributed by atoms with Crippen molar-refractivity contribution in [3.63, 3.8) is 0 Å². The van der Waals surface area contributed by atoms with Gasteiger partial charge >= 0.3 is 0 Å². The van der Waals surface area contributed by atoms with Crippen molar-refractivity contribution in [3.8, 4) is 0 Å². The molecule has 3 nitrogen and oxygen atoms in total. The highest BCUT2D eigenvalue weighted by atomic mass is 16.3. The second-order valence-corrected chi connectivity index (χ2v) is 4.48. The highest BCUT2D eigenvalue weighted by molar-refractivity contribution is 5.78. The standard InChI is InChI=1S/C10H17NO2/c1-2-10(13)6-11(7-10)9(12)5-8-3-4-8/h8,13H,2-7H2,1H3. The Morgan fingerprint density at radius 2 is 2.15 bits per heavy atom. The smallest absolute Gasteiger partial charge is 0.223 e. The lowest BCUT2D eigenvalue weighted by Crippen LogP contribution is -2.63. The van der Waals surface area contributed by atoms with Crippen molar-refractivity contribution in [2.45, 2.75) is 38.2 Å². The SMILES string of the molecule is CCC1(O)CN(C(=O)CC2CC2)C1. The van der Waals surface area contributed by atoms with Gasteiger partial charge in [0.25, 0.3) is 0 Å². The molecule has 0 bridgehead atoms. The first-order valence-electron chi connectivity index (χ1n) is 5.13. The van der Waals surface area contributed by atoms with Crippen LogP contribution in [0.4, 0.5) is 0 Å². The van der Waals surface area contributed by atoms with Gasteiger partial charge in [-0.25, -0.2) is 0 Å². The molecule has 0 radical (unpaired) electrons. The molecule has 1 amide bonds. The molecule has 2 fully saturated rings. The quantitative estimate of drug-likeness (QED) is 0.702. The number of hydrogen-bond acceptors (Lipinski definition) is 2. The van der Waals surface area contributed by atoms with Gasteiger partial charge < -0.3 is 10.0 Å². The number of carbonyl (C=O) groups excluding carboxylic acids is 1. The normalized spacial score (nSPS) is 25.5. The van der Waals surface area contributed by atoms with E-state index in [1.54, 1.807) is 4.90 Å². The highest BCUT2D eigenvalue weighted by Gasteiger charge is 2.42. The number of β-amino-alcohol motifs (C(OH)–C–C–N with tert-alkyl or cyclic N) is 1. The zero-order valence-corrected chi connectivity index (χ0v) is 8.12. The predicted molar refractivity (Wildman–Crippen MR) is 49.2 cm³/mol. The maximum Gasteiger partial charge on any atom is 0.223 e. The topological polar surface area (TPSA) is 40.5 Å². The minimum atomic E-state index is -0.570. The van der Waals surface area contributed by atoms with E-state index in [0.29, 0.717) is 25.4 Å². The highest BCUT2D eigenvalue weighted by Crippen LogP contribution is 2.34. The Labute approximate surface area is 78.7 Å². The average molecular weight is 183 g/mol. The summed E-state index contributed by atoms with van der Waals surface area (Å²) in [6.45, 7) is 3.06. The zero-order chi connectivity index (χ0) is 9.47. The van der Waals surface area contributed by atoms with Crippen LogP contribution in [0, 0.1) is 5.92 Å². The first-order valence-corrected chi connectivity index (χ1v) is 5.13. The van der Waals surface area contributed by atoms with Gasteiger partial charge in [-0.3, -0.25) is 4.79 Å². The molecule has 1 aliphatic carbocycles. The van der Waals surface area contributed by atoms with E-state index < -0.39 is 5.60 Å². The fourth-order valence-electron chi connectivity index (χ4n) is 1.76. The van der Waals surface area contributed by atoms with Crippen LogP contribution in [0.3, 0.4) is 0 Å². The summed E-state index contributed by atoms with van der Waals surface area (Å²) in [6, 6.07) is 0. The lowest BCUT2D eigenvalue weighted by molar-refractivity contribution is -0.156. The monoisotopic (exact) mass is 183 g/mol. The molecule has 2 rings (SSSR count). The fraction of sp³-hybridized carbons (Fsp3) is 0.900. The Hall–Kier alpha value is -0.570. The van der Waals surface area contributed by atoms with E-state index in [1.165, 1.54) is 12.8 Å². The van der Waals surface area contributed by atoms with E-state index in [1.807, 2.05) is 6.92 Å². The van der Waals surface area contributed by atoms with Crippen LogP contribution in [0.1, 0.15) is 32.6 Å². The van der Waals surface area contributed by atoms with Crippen LogP contribution in [0.5, 0.6) is 0 Å². The molecule has 0 spiro atoms. The van der Waals surface area contributed by atoms with E-state index in [9.17, 15) is 9.90 Å². The summed E-state index contributed by atoms with van der Waals surface area (Å²) < 4.78 is 0. The van der Waals surface area contributed by atoms with Crippen LogP contribution in [0.25, 0.3) is 0 Å². The molecule has 0 aromatic rings. The Bertz CT molecular complexity index is 217. The Kier molecular flexibility index (Phi) is 2.06. The maximum absolute atomic E-state index is 11.5. The molecular formula is C10H17NO2. The van der Waals surface area contributed by atoms with Gasteiger partial charge in [-0.05, 0) is 25.2 Å². The molecule has 1 heterocycles. The Balaban J connectivity index is 1.75. The predicted octanol–water partition coefficient (Wildman–Crippen LogP) is 0.770. The summed E-state index contributed by atoms with van der Waals surface area (Å²) >= 11 is 0. The summed E-state index contributed by atoms with van der Waals surface area (Å²) in [5.74, 6) is 0.892. The maximum atomic E-state index is 11.5. The minimum absolute atomic E-state index is 0.237. The molecule has 0 unspecified atom stereocenters. The van der Waals surface area contributed by atoms with E-state index in [2.05, 4.69) is 0 Å². The second-order valence-electron chi connectivity index (χ2n) is 4.48. The third kappa shape index (κ3) is 1.85.